The molecule has 1 aliphatic heterocycles. The lowest BCUT2D eigenvalue weighted by Gasteiger charge is -2.20. The van der Waals surface area contributed by atoms with E-state index in [9.17, 15) is 13.2 Å². The van der Waals surface area contributed by atoms with E-state index in [-0.39, 0.29) is 18.2 Å². The lowest BCUT2D eigenvalue weighted by molar-refractivity contribution is 0.102. The number of sulfonamides is 1. The Morgan fingerprint density at radius 2 is 1.89 bits per heavy atom. The van der Waals surface area contributed by atoms with E-state index in [0.29, 0.717) is 46.5 Å². The van der Waals surface area contributed by atoms with Crippen molar-refractivity contribution in [2.24, 2.45) is 0 Å². The van der Waals surface area contributed by atoms with E-state index in [1.807, 2.05) is 0 Å². The number of carbonyl (C=O) groups excluding carboxylic acids is 1. The fourth-order valence-corrected chi connectivity index (χ4v) is 3.96. The molecule has 0 spiro atoms. The summed E-state index contributed by atoms with van der Waals surface area (Å²) in [4.78, 5) is 12.5. The number of halogens is 1. The van der Waals surface area contributed by atoms with Crippen molar-refractivity contribution in [2.75, 3.05) is 25.1 Å². The molecule has 1 amide bonds. The molecule has 3 rings (SSSR count). The molecule has 0 aromatic heterocycles. The van der Waals surface area contributed by atoms with Gasteiger partial charge in [0.1, 0.15) is 13.2 Å². The third kappa shape index (κ3) is 5.03. The maximum Gasteiger partial charge on any atom is 0.255 e. The van der Waals surface area contributed by atoms with Gasteiger partial charge in [-0.3, -0.25) is 4.79 Å². The Labute approximate surface area is 168 Å². The lowest BCUT2D eigenvalue weighted by Crippen LogP contribution is -2.25. The van der Waals surface area contributed by atoms with Crippen LogP contribution in [0.3, 0.4) is 0 Å². The van der Waals surface area contributed by atoms with Crippen molar-refractivity contribution in [2.45, 2.75) is 5.75 Å². The summed E-state index contributed by atoms with van der Waals surface area (Å²) in [6.07, 6.45) is 1.47. The Hall–Kier alpha value is -2.55. The monoisotopic (exact) mass is 422 g/mol. The van der Waals surface area contributed by atoms with Crippen LogP contribution in [0.4, 0.5) is 5.69 Å². The maximum atomic E-state index is 12.5. The van der Waals surface area contributed by atoms with Crippen molar-refractivity contribution in [1.82, 2.24) is 4.72 Å². The first-order chi connectivity index (χ1) is 13.4. The van der Waals surface area contributed by atoms with Gasteiger partial charge in [0.05, 0.1) is 10.8 Å². The third-order valence-corrected chi connectivity index (χ3v) is 5.48. The normalized spacial score (nSPS) is 13.0. The second-order valence-corrected chi connectivity index (χ2v) is 8.24. The Kier molecular flexibility index (Phi) is 6.23. The molecular formula is C19H19ClN2O5S. The smallest absolute Gasteiger partial charge is 0.255 e. The largest absolute Gasteiger partial charge is 0.486 e. The molecule has 2 aromatic rings. The number of benzene rings is 2. The van der Waals surface area contributed by atoms with Crippen molar-refractivity contribution in [3.05, 3.63) is 65.2 Å². The van der Waals surface area contributed by atoms with Crippen LogP contribution in [0.5, 0.6) is 11.5 Å². The predicted octanol–water partition coefficient (Wildman–Crippen LogP) is 2.97. The molecule has 0 aliphatic carbocycles. The number of amides is 1. The van der Waals surface area contributed by atoms with E-state index in [1.54, 1.807) is 30.3 Å². The van der Waals surface area contributed by atoms with Crippen molar-refractivity contribution < 1.29 is 22.7 Å². The van der Waals surface area contributed by atoms with Gasteiger partial charge in [-0.15, -0.1) is 6.58 Å². The summed E-state index contributed by atoms with van der Waals surface area (Å²) in [5.41, 5.74) is 1.45. The molecule has 0 fully saturated rings. The summed E-state index contributed by atoms with van der Waals surface area (Å²) in [5.74, 6) is 0.329. The molecule has 28 heavy (non-hydrogen) atoms. The maximum absolute atomic E-state index is 12.5. The van der Waals surface area contributed by atoms with Crippen LogP contribution >= 0.6 is 11.6 Å². The fraction of sp³-hybridized carbons (Fsp3) is 0.211. The number of fused-ring (bicyclic) bond motifs is 1. The summed E-state index contributed by atoms with van der Waals surface area (Å²) in [6, 6.07) is 9.63. The van der Waals surface area contributed by atoms with E-state index in [2.05, 4.69) is 16.6 Å². The molecule has 1 aliphatic rings. The van der Waals surface area contributed by atoms with Crippen molar-refractivity contribution in [1.29, 1.82) is 0 Å². The first kappa shape index (κ1) is 20.2. The fourth-order valence-electron chi connectivity index (χ4n) is 2.59. The average Bonchev–Trinajstić information content (AvgIpc) is 2.67. The third-order valence-electron chi connectivity index (χ3n) is 3.88. The Balaban J connectivity index is 1.68. The number of nitrogens with one attached hydrogen (secondary N) is 2. The number of carbonyl (C=O) groups is 1. The van der Waals surface area contributed by atoms with Gasteiger partial charge in [0.2, 0.25) is 10.0 Å². The molecule has 2 aromatic carbocycles. The molecule has 0 saturated heterocycles. The topological polar surface area (TPSA) is 93.7 Å². The average molecular weight is 423 g/mol. The van der Waals surface area contributed by atoms with Crippen LogP contribution in [0, 0.1) is 0 Å². The zero-order valence-electron chi connectivity index (χ0n) is 14.9. The summed E-state index contributed by atoms with van der Waals surface area (Å²) < 4.78 is 37.1. The molecule has 1 heterocycles. The van der Waals surface area contributed by atoms with E-state index < -0.39 is 10.0 Å². The number of hydrogen-bond acceptors (Lipinski definition) is 5. The highest BCUT2D eigenvalue weighted by molar-refractivity contribution is 7.88. The molecule has 7 nitrogen and oxygen atoms in total. The first-order valence-corrected chi connectivity index (χ1v) is 10.5. The molecule has 0 unspecified atom stereocenters. The Morgan fingerprint density at radius 3 is 2.61 bits per heavy atom. The minimum absolute atomic E-state index is 0.160. The van der Waals surface area contributed by atoms with Crippen molar-refractivity contribution in [3.8, 4) is 11.5 Å². The minimum Gasteiger partial charge on any atom is -0.486 e. The summed E-state index contributed by atoms with van der Waals surface area (Å²) in [7, 11) is -3.44. The van der Waals surface area contributed by atoms with Crippen LogP contribution in [0.25, 0.3) is 0 Å². The van der Waals surface area contributed by atoms with Crippen LogP contribution in [-0.2, 0) is 15.8 Å². The van der Waals surface area contributed by atoms with Gasteiger partial charge >= 0.3 is 0 Å². The molecule has 0 saturated carbocycles. The van der Waals surface area contributed by atoms with Gasteiger partial charge in [-0.25, -0.2) is 13.1 Å². The highest BCUT2D eigenvalue weighted by Gasteiger charge is 2.19. The Bertz CT molecular complexity index is 990. The number of anilines is 1. The quantitative estimate of drug-likeness (QED) is 0.669. The van der Waals surface area contributed by atoms with E-state index in [4.69, 9.17) is 21.1 Å². The van der Waals surface area contributed by atoms with E-state index in [1.165, 1.54) is 12.1 Å². The van der Waals surface area contributed by atoms with E-state index in [0.717, 1.165) is 0 Å². The van der Waals surface area contributed by atoms with Gasteiger partial charge in [0.25, 0.3) is 5.91 Å². The predicted molar refractivity (Wildman–Crippen MR) is 108 cm³/mol. The molecule has 9 heteroatoms. The summed E-state index contributed by atoms with van der Waals surface area (Å²) in [6.45, 7) is 4.44. The van der Waals surface area contributed by atoms with Crippen LogP contribution < -0.4 is 19.5 Å². The molecular weight excluding hydrogens is 404 g/mol. The highest BCUT2D eigenvalue weighted by Crippen LogP contribution is 2.38. The molecule has 0 bridgehead atoms. The second-order valence-electron chi connectivity index (χ2n) is 6.03. The molecule has 0 radical (unpaired) electrons. The minimum atomic E-state index is -3.44. The zero-order valence-corrected chi connectivity index (χ0v) is 16.5. The number of hydrogen-bond donors (Lipinski definition) is 2. The van der Waals surface area contributed by atoms with Gasteiger partial charge in [-0.1, -0.05) is 29.8 Å². The lowest BCUT2D eigenvalue weighted by atomic mass is 10.1. The zero-order chi connectivity index (χ0) is 20.1. The van der Waals surface area contributed by atoms with Crippen LogP contribution in [-0.4, -0.2) is 34.1 Å². The molecule has 2 N–H and O–H groups in total. The summed E-state index contributed by atoms with van der Waals surface area (Å²) in [5, 5.41) is 3.05. The highest BCUT2D eigenvalue weighted by atomic mass is 35.5. The Morgan fingerprint density at radius 1 is 1.18 bits per heavy atom. The summed E-state index contributed by atoms with van der Waals surface area (Å²) >= 11 is 6.16. The molecule has 0 atom stereocenters. The van der Waals surface area contributed by atoms with E-state index >= 15 is 0 Å². The van der Waals surface area contributed by atoms with Crippen molar-refractivity contribution in [3.63, 3.8) is 0 Å². The standard InChI is InChI=1S/C19H19ClN2O5S/c1-2-7-21-28(24,25)12-13-3-5-15(6-4-13)22-19(23)14-10-16(20)18-17(11-14)26-8-9-27-18/h2-6,10-11,21H,1,7-9,12H2,(H,22,23). The van der Waals surface area contributed by atoms with Crippen LogP contribution in [0.2, 0.25) is 5.02 Å². The van der Waals surface area contributed by atoms with Crippen LogP contribution in [0.1, 0.15) is 15.9 Å². The van der Waals surface area contributed by atoms with Gasteiger partial charge in [-0.2, -0.15) is 0 Å². The second kappa shape index (κ2) is 8.64. The van der Waals surface area contributed by atoms with Gasteiger partial charge < -0.3 is 14.8 Å². The number of ether oxygens (including phenoxy) is 2. The van der Waals surface area contributed by atoms with Crippen molar-refractivity contribution >= 4 is 33.2 Å². The SMILES string of the molecule is C=CCNS(=O)(=O)Cc1ccc(NC(=O)c2cc(Cl)c3c(c2)OCCO3)cc1. The van der Waals surface area contributed by atoms with Gasteiger partial charge in [0.15, 0.2) is 11.5 Å². The molecule has 148 valence electrons. The van der Waals surface area contributed by atoms with Gasteiger partial charge in [0, 0.05) is 17.8 Å². The first-order valence-electron chi connectivity index (χ1n) is 8.45. The number of rotatable bonds is 7. The van der Waals surface area contributed by atoms with Crippen LogP contribution in [0.15, 0.2) is 49.1 Å². The van der Waals surface area contributed by atoms with Gasteiger partial charge in [-0.05, 0) is 29.8 Å².